The Hall–Kier alpha value is -2.03. The maximum atomic E-state index is 12.5. The van der Waals surface area contributed by atoms with E-state index in [2.05, 4.69) is 15.4 Å². The van der Waals surface area contributed by atoms with E-state index in [0.29, 0.717) is 5.56 Å². The maximum Gasteiger partial charge on any atom is 0.446 e. The van der Waals surface area contributed by atoms with Gasteiger partial charge in [-0.1, -0.05) is 6.07 Å². The molecule has 1 aromatic heterocycles. The van der Waals surface area contributed by atoms with E-state index in [1.54, 1.807) is 13.0 Å². The number of carbonyl (C=O) groups excluding carboxylic acids is 1. The number of anilines is 1. The lowest BCUT2D eigenvalue weighted by molar-refractivity contribution is -0.116. The lowest BCUT2D eigenvalue weighted by Gasteiger charge is -2.13. The minimum absolute atomic E-state index is 0.0468. The number of hydrogen-bond acceptors (Lipinski definition) is 4. The molecule has 9 heteroatoms. The van der Waals surface area contributed by atoms with Gasteiger partial charge in [0.25, 0.3) is 0 Å². The number of aryl methyl sites for hydroxylation is 1. The molecule has 0 atom stereocenters. The zero-order chi connectivity index (χ0) is 15.5. The number of aromatic nitrogens is 3. The average molecular weight is 316 g/mol. The monoisotopic (exact) mass is 316 g/mol. The van der Waals surface area contributed by atoms with E-state index in [1.165, 1.54) is 29.5 Å². The molecule has 0 saturated heterocycles. The predicted octanol–water partition coefficient (Wildman–Crippen LogP) is 2.84. The van der Waals surface area contributed by atoms with Crippen LogP contribution in [0.4, 0.5) is 18.9 Å². The molecule has 1 heterocycles. The van der Waals surface area contributed by atoms with Crippen LogP contribution in [0.5, 0.6) is 0 Å². The first-order valence-corrected chi connectivity index (χ1v) is 6.64. The molecule has 5 nitrogen and oxygen atoms in total. The van der Waals surface area contributed by atoms with Gasteiger partial charge in [-0.15, -0.1) is 0 Å². The third-order valence-electron chi connectivity index (χ3n) is 2.41. The van der Waals surface area contributed by atoms with Crippen molar-refractivity contribution < 1.29 is 18.0 Å². The highest BCUT2D eigenvalue weighted by atomic mass is 32.2. The third kappa shape index (κ3) is 4.78. The van der Waals surface area contributed by atoms with Crippen molar-refractivity contribution in [2.75, 3.05) is 5.32 Å². The van der Waals surface area contributed by atoms with E-state index in [-0.39, 0.29) is 28.9 Å². The standard InChI is InChI=1S/C12H11F3N4OS/c1-8-2-3-9(10(4-8)21-12(13,14)15)18-11(20)5-19-7-16-6-17-19/h2-4,6-7H,5H2,1H3,(H,18,20). The Labute approximate surface area is 122 Å². The number of nitrogens with one attached hydrogen (secondary N) is 1. The fourth-order valence-corrected chi connectivity index (χ4v) is 2.32. The van der Waals surface area contributed by atoms with Crippen LogP contribution in [0, 0.1) is 6.92 Å². The van der Waals surface area contributed by atoms with E-state index in [0.717, 1.165) is 0 Å². The normalized spacial score (nSPS) is 11.4. The lowest BCUT2D eigenvalue weighted by atomic mass is 10.2. The van der Waals surface area contributed by atoms with Crippen LogP contribution in [0.3, 0.4) is 0 Å². The van der Waals surface area contributed by atoms with Crippen LogP contribution in [-0.4, -0.2) is 26.2 Å². The molecule has 1 aromatic carbocycles. The first kappa shape index (κ1) is 15.4. The zero-order valence-electron chi connectivity index (χ0n) is 10.9. The van der Waals surface area contributed by atoms with E-state index in [1.807, 2.05) is 0 Å². The quantitative estimate of drug-likeness (QED) is 0.881. The maximum absolute atomic E-state index is 12.5. The highest BCUT2D eigenvalue weighted by Crippen LogP contribution is 2.40. The fraction of sp³-hybridized carbons (Fsp3) is 0.250. The minimum Gasteiger partial charge on any atom is -0.323 e. The van der Waals surface area contributed by atoms with Crippen molar-refractivity contribution in [1.29, 1.82) is 0 Å². The molecule has 0 saturated carbocycles. The second-order valence-electron chi connectivity index (χ2n) is 4.19. The van der Waals surface area contributed by atoms with Gasteiger partial charge in [-0.05, 0) is 36.4 Å². The molecule has 0 unspecified atom stereocenters. The van der Waals surface area contributed by atoms with Crippen molar-refractivity contribution >= 4 is 23.4 Å². The Morgan fingerprint density at radius 1 is 1.43 bits per heavy atom. The van der Waals surface area contributed by atoms with Crippen molar-refractivity contribution in [3.8, 4) is 0 Å². The molecular formula is C12H11F3N4OS. The van der Waals surface area contributed by atoms with Crippen molar-refractivity contribution in [3.05, 3.63) is 36.4 Å². The second kappa shape index (κ2) is 6.17. The Morgan fingerprint density at radius 3 is 2.81 bits per heavy atom. The first-order valence-electron chi connectivity index (χ1n) is 5.82. The highest BCUT2D eigenvalue weighted by Gasteiger charge is 2.30. The Balaban J connectivity index is 2.13. The van der Waals surface area contributed by atoms with Gasteiger partial charge in [0, 0.05) is 4.90 Å². The Morgan fingerprint density at radius 2 is 2.19 bits per heavy atom. The highest BCUT2D eigenvalue weighted by molar-refractivity contribution is 8.00. The smallest absolute Gasteiger partial charge is 0.323 e. The number of nitrogens with zero attached hydrogens (tertiary/aromatic N) is 3. The van der Waals surface area contributed by atoms with Gasteiger partial charge < -0.3 is 5.32 Å². The van der Waals surface area contributed by atoms with Crippen LogP contribution in [0.25, 0.3) is 0 Å². The summed E-state index contributed by atoms with van der Waals surface area (Å²) in [7, 11) is 0. The van der Waals surface area contributed by atoms with E-state index >= 15 is 0 Å². The van der Waals surface area contributed by atoms with Crippen molar-refractivity contribution in [1.82, 2.24) is 14.8 Å². The number of amides is 1. The molecule has 0 aliphatic carbocycles. The molecule has 2 rings (SSSR count). The summed E-state index contributed by atoms with van der Waals surface area (Å²) in [6.07, 6.45) is 2.62. The summed E-state index contributed by atoms with van der Waals surface area (Å²) >= 11 is -0.258. The van der Waals surface area contributed by atoms with Crippen LogP contribution >= 0.6 is 11.8 Å². The molecule has 112 valence electrons. The van der Waals surface area contributed by atoms with Gasteiger partial charge in [0.2, 0.25) is 5.91 Å². The number of thioether (sulfide) groups is 1. The van der Waals surface area contributed by atoms with Crippen LogP contribution in [0.2, 0.25) is 0 Å². The van der Waals surface area contributed by atoms with Gasteiger partial charge >= 0.3 is 5.51 Å². The molecule has 0 aliphatic rings. The fourth-order valence-electron chi connectivity index (χ4n) is 1.59. The molecule has 21 heavy (non-hydrogen) atoms. The average Bonchev–Trinajstić information content (AvgIpc) is 2.83. The van der Waals surface area contributed by atoms with E-state index in [9.17, 15) is 18.0 Å². The van der Waals surface area contributed by atoms with Gasteiger partial charge in [-0.25, -0.2) is 9.67 Å². The van der Waals surface area contributed by atoms with Crippen LogP contribution in [0.15, 0.2) is 35.7 Å². The number of alkyl halides is 3. The van der Waals surface area contributed by atoms with Crippen LogP contribution in [-0.2, 0) is 11.3 Å². The first-order chi connectivity index (χ1) is 9.83. The SMILES string of the molecule is Cc1ccc(NC(=O)Cn2cncn2)c(SC(F)(F)F)c1. The molecule has 0 spiro atoms. The predicted molar refractivity (Wildman–Crippen MR) is 71.7 cm³/mol. The molecule has 0 aliphatic heterocycles. The summed E-state index contributed by atoms with van der Waals surface area (Å²) in [6, 6.07) is 4.46. The van der Waals surface area contributed by atoms with Crippen molar-refractivity contribution in [2.24, 2.45) is 0 Å². The number of benzene rings is 1. The lowest BCUT2D eigenvalue weighted by Crippen LogP contribution is -2.19. The van der Waals surface area contributed by atoms with Crippen LogP contribution < -0.4 is 5.32 Å². The number of hydrogen-bond donors (Lipinski definition) is 1. The molecule has 1 N–H and O–H groups in total. The summed E-state index contributed by atoms with van der Waals surface area (Å²) < 4.78 is 38.8. The van der Waals surface area contributed by atoms with Crippen molar-refractivity contribution in [3.63, 3.8) is 0 Å². The van der Waals surface area contributed by atoms with Gasteiger partial charge in [0.05, 0.1) is 5.69 Å². The van der Waals surface area contributed by atoms with Gasteiger partial charge in [0.15, 0.2) is 0 Å². The summed E-state index contributed by atoms with van der Waals surface area (Å²) in [4.78, 5) is 15.4. The van der Waals surface area contributed by atoms with Crippen molar-refractivity contribution in [2.45, 2.75) is 23.9 Å². The molecule has 2 aromatic rings. The molecule has 1 amide bonds. The Kier molecular flexibility index (Phi) is 4.51. The summed E-state index contributed by atoms with van der Waals surface area (Å²) in [5, 5.41) is 6.20. The van der Waals surface area contributed by atoms with Gasteiger partial charge in [0.1, 0.15) is 19.2 Å². The molecule has 0 bridgehead atoms. The number of halogens is 3. The third-order valence-corrected chi connectivity index (χ3v) is 3.20. The molecule has 0 fully saturated rings. The second-order valence-corrected chi connectivity index (χ2v) is 5.30. The summed E-state index contributed by atoms with van der Waals surface area (Å²) in [5.74, 6) is -0.478. The zero-order valence-corrected chi connectivity index (χ0v) is 11.7. The van der Waals surface area contributed by atoms with E-state index < -0.39 is 11.4 Å². The number of carbonyl (C=O) groups is 1. The van der Waals surface area contributed by atoms with E-state index in [4.69, 9.17) is 0 Å². The molecular weight excluding hydrogens is 305 g/mol. The largest absolute Gasteiger partial charge is 0.446 e. The summed E-state index contributed by atoms with van der Waals surface area (Å²) in [5.41, 5.74) is -3.62. The topological polar surface area (TPSA) is 59.8 Å². The number of rotatable bonds is 4. The summed E-state index contributed by atoms with van der Waals surface area (Å²) in [6.45, 7) is 1.56. The Bertz CT molecular complexity index is 628. The minimum atomic E-state index is -4.42. The van der Waals surface area contributed by atoms with Gasteiger partial charge in [-0.2, -0.15) is 18.3 Å². The van der Waals surface area contributed by atoms with Gasteiger partial charge in [-0.3, -0.25) is 4.79 Å². The van der Waals surface area contributed by atoms with Crippen LogP contribution in [0.1, 0.15) is 5.56 Å². The molecule has 0 radical (unpaired) electrons.